The third-order valence-corrected chi connectivity index (χ3v) is 4.69. The Kier molecular flexibility index (Phi) is 4.62. The quantitative estimate of drug-likeness (QED) is 0.671. The minimum Gasteiger partial charge on any atom is -0.339 e. The number of rotatable bonds is 4. The molecule has 1 unspecified atom stereocenters. The van der Waals surface area contributed by atoms with E-state index in [1.54, 1.807) is 4.90 Å². The first-order chi connectivity index (χ1) is 13.4. The molecule has 1 aromatic heterocycles. The minimum absolute atomic E-state index is 0.00290. The van der Waals surface area contributed by atoms with E-state index in [-0.39, 0.29) is 24.1 Å². The van der Waals surface area contributed by atoms with Crippen LogP contribution in [0.1, 0.15) is 29.4 Å². The fraction of sp³-hybridized carbons (Fsp3) is 0.250. The third-order valence-electron chi connectivity index (χ3n) is 4.69. The lowest BCUT2D eigenvalue weighted by atomic mass is 10.1. The Morgan fingerprint density at radius 3 is 2.46 bits per heavy atom. The number of amides is 1. The number of halogens is 3. The summed E-state index contributed by atoms with van der Waals surface area (Å²) < 4.78 is 43.3. The van der Waals surface area contributed by atoms with Crippen molar-refractivity contribution in [3.05, 3.63) is 71.6 Å². The zero-order chi connectivity index (χ0) is 19.7. The van der Waals surface area contributed by atoms with Crippen LogP contribution in [0.2, 0.25) is 0 Å². The molecular formula is C20H16F3N3O2. The van der Waals surface area contributed by atoms with Gasteiger partial charge < -0.3 is 9.42 Å². The molecule has 0 spiro atoms. The van der Waals surface area contributed by atoms with E-state index in [1.807, 2.05) is 30.3 Å². The first kappa shape index (κ1) is 18.2. The zero-order valence-electron chi connectivity index (χ0n) is 14.7. The van der Waals surface area contributed by atoms with Gasteiger partial charge in [-0.05, 0) is 17.7 Å². The van der Waals surface area contributed by atoms with Crippen molar-refractivity contribution < 1.29 is 22.5 Å². The molecule has 0 radical (unpaired) electrons. The molecule has 144 valence electrons. The van der Waals surface area contributed by atoms with Crippen molar-refractivity contribution in [1.29, 1.82) is 0 Å². The summed E-state index contributed by atoms with van der Waals surface area (Å²) in [4.78, 5) is 18.3. The SMILES string of the molecule is O=C1CC(c2nc(-c3ccc(C(F)(F)F)cc3)no2)CN1Cc1ccccc1. The van der Waals surface area contributed by atoms with E-state index in [2.05, 4.69) is 10.1 Å². The maximum atomic E-state index is 12.7. The standard InChI is InChI=1S/C20H16F3N3O2/c21-20(22,23)16-8-6-14(7-9-16)18-24-19(28-25-18)15-10-17(27)26(12-15)11-13-4-2-1-3-5-13/h1-9,15H,10-12H2. The van der Waals surface area contributed by atoms with Crippen molar-refractivity contribution in [3.63, 3.8) is 0 Å². The van der Waals surface area contributed by atoms with E-state index in [9.17, 15) is 18.0 Å². The van der Waals surface area contributed by atoms with Gasteiger partial charge in [-0.1, -0.05) is 47.6 Å². The smallest absolute Gasteiger partial charge is 0.339 e. The van der Waals surface area contributed by atoms with Crippen LogP contribution in [0.4, 0.5) is 13.2 Å². The lowest BCUT2D eigenvalue weighted by Gasteiger charge is -2.15. The number of hydrogen-bond donors (Lipinski definition) is 0. The second kappa shape index (κ2) is 7.10. The molecular weight excluding hydrogens is 371 g/mol. The Bertz CT molecular complexity index is 968. The summed E-state index contributed by atoms with van der Waals surface area (Å²) in [6.07, 6.45) is -4.13. The highest BCUT2D eigenvalue weighted by atomic mass is 19.4. The van der Waals surface area contributed by atoms with E-state index >= 15 is 0 Å². The maximum absolute atomic E-state index is 12.7. The summed E-state index contributed by atoms with van der Waals surface area (Å²) in [5.41, 5.74) is 0.721. The first-order valence-electron chi connectivity index (χ1n) is 8.73. The summed E-state index contributed by atoms with van der Waals surface area (Å²) in [6.45, 7) is 0.971. The van der Waals surface area contributed by atoms with E-state index in [1.165, 1.54) is 12.1 Å². The van der Waals surface area contributed by atoms with Crippen LogP contribution in [0.3, 0.4) is 0 Å². The van der Waals surface area contributed by atoms with Gasteiger partial charge in [-0.15, -0.1) is 0 Å². The highest BCUT2D eigenvalue weighted by molar-refractivity contribution is 5.79. The molecule has 1 aliphatic rings. The van der Waals surface area contributed by atoms with Crippen LogP contribution in [0.25, 0.3) is 11.4 Å². The second-order valence-corrected chi connectivity index (χ2v) is 6.69. The number of aromatic nitrogens is 2. The highest BCUT2D eigenvalue weighted by Gasteiger charge is 2.34. The van der Waals surface area contributed by atoms with Crippen LogP contribution in [0.15, 0.2) is 59.1 Å². The van der Waals surface area contributed by atoms with Crippen LogP contribution in [0.5, 0.6) is 0 Å². The van der Waals surface area contributed by atoms with Crippen LogP contribution < -0.4 is 0 Å². The topological polar surface area (TPSA) is 59.2 Å². The Balaban J connectivity index is 1.46. The maximum Gasteiger partial charge on any atom is 0.416 e. The van der Waals surface area contributed by atoms with Crippen molar-refractivity contribution >= 4 is 5.91 Å². The molecule has 3 aromatic rings. The summed E-state index contributed by atoms with van der Waals surface area (Å²) in [5.74, 6) is 0.298. The molecule has 4 rings (SSSR count). The van der Waals surface area contributed by atoms with Crippen molar-refractivity contribution in [3.8, 4) is 11.4 Å². The number of hydrogen-bond acceptors (Lipinski definition) is 4. The monoisotopic (exact) mass is 387 g/mol. The van der Waals surface area contributed by atoms with Gasteiger partial charge in [0.1, 0.15) is 0 Å². The number of alkyl halides is 3. The second-order valence-electron chi connectivity index (χ2n) is 6.69. The molecule has 2 aromatic carbocycles. The van der Waals surface area contributed by atoms with Gasteiger partial charge in [0.25, 0.3) is 0 Å². The summed E-state index contributed by atoms with van der Waals surface area (Å²) in [5, 5.41) is 3.86. The predicted molar refractivity (Wildman–Crippen MR) is 94.0 cm³/mol. The van der Waals surface area contributed by atoms with E-state index < -0.39 is 11.7 Å². The van der Waals surface area contributed by atoms with Gasteiger partial charge in [0.15, 0.2) is 0 Å². The van der Waals surface area contributed by atoms with Crippen molar-refractivity contribution in [1.82, 2.24) is 15.0 Å². The molecule has 0 N–H and O–H groups in total. The molecule has 0 bridgehead atoms. The van der Waals surface area contributed by atoms with Crippen LogP contribution in [-0.4, -0.2) is 27.5 Å². The lowest BCUT2D eigenvalue weighted by Crippen LogP contribution is -2.24. The van der Waals surface area contributed by atoms with E-state index in [0.717, 1.165) is 17.7 Å². The average molecular weight is 387 g/mol. The summed E-state index contributed by atoms with van der Waals surface area (Å²) >= 11 is 0. The van der Waals surface area contributed by atoms with Gasteiger partial charge in [0, 0.05) is 25.1 Å². The number of benzene rings is 2. The molecule has 0 saturated carbocycles. The number of carbonyl (C=O) groups is 1. The van der Waals surface area contributed by atoms with Crippen molar-refractivity contribution in [2.24, 2.45) is 0 Å². The van der Waals surface area contributed by atoms with Gasteiger partial charge in [0.05, 0.1) is 11.5 Å². The fourth-order valence-corrected chi connectivity index (χ4v) is 3.22. The molecule has 1 saturated heterocycles. The van der Waals surface area contributed by atoms with Gasteiger partial charge in [-0.2, -0.15) is 18.2 Å². The number of carbonyl (C=O) groups excluding carboxylic acids is 1. The van der Waals surface area contributed by atoms with Gasteiger partial charge in [-0.25, -0.2) is 0 Å². The number of likely N-dealkylation sites (tertiary alicyclic amines) is 1. The molecule has 1 aliphatic heterocycles. The molecule has 2 heterocycles. The zero-order valence-corrected chi connectivity index (χ0v) is 14.7. The van der Waals surface area contributed by atoms with Crippen LogP contribution in [-0.2, 0) is 17.5 Å². The average Bonchev–Trinajstić information content (AvgIpc) is 3.30. The summed E-state index contributed by atoms with van der Waals surface area (Å²) in [6, 6.07) is 14.2. The Labute approximate surface area is 158 Å². The van der Waals surface area contributed by atoms with Gasteiger partial charge in [-0.3, -0.25) is 4.79 Å². The molecule has 8 heteroatoms. The third kappa shape index (κ3) is 3.76. The Morgan fingerprint density at radius 1 is 1.07 bits per heavy atom. The molecule has 5 nitrogen and oxygen atoms in total. The summed E-state index contributed by atoms with van der Waals surface area (Å²) in [7, 11) is 0. The first-order valence-corrected chi connectivity index (χ1v) is 8.73. The Morgan fingerprint density at radius 2 is 1.79 bits per heavy atom. The molecule has 1 fully saturated rings. The molecule has 28 heavy (non-hydrogen) atoms. The van der Waals surface area contributed by atoms with Crippen LogP contribution in [0, 0.1) is 0 Å². The van der Waals surface area contributed by atoms with E-state index in [4.69, 9.17) is 4.52 Å². The van der Waals surface area contributed by atoms with Gasteiger partial charge >= 0.3 is 6.18 Å². The fourth-order valence-electron chi connectivity index (χ4n) is 3.22. The molecule has 0 aliphatic carbocycles. The lowest BCUT2D eigenvalue weighted by molar-refractivity contribution is -0.137. The van der Waals surface area contributed by atoms with Crippen LogP contribution >= 0.6 is 0 Å². The Hall–Kier alpha value is -3.16. The number of nitrogens with zero attached hydrogens (tertiary/aromatic N) is 3. The largest absolute Gasteiger partial charge is 0.416 e. The van der Waals surface area contributed by atoms with Crippen molar-refractivity contribution in [2.45, 2.75) is 25.1 Å². The molecule has 1 atom stereocenters. The van der Waals surface area contributed by atoms with Gasteiger partial charge in [0.2, 0.25) is 17.6 Å². The van der Waals surface area contributed by atoms with E-state index in [0.29, 0.717) is 24.5 Å². The highest BCUT2D eigenvalue weighted by Crippen LogP contribution is 2.32. The molecule has 1 amide bonds. The minimum atomic E-state index is -4.40. The van der Waals surface area contributed by atoms with Crippen molar-refractivity contribution in [2.75, 3.05) is 6.54 Å². The normalized spacial score (nSPS) is 17.3. The predicted octanol–water partition coefficient (Wildman–Crippen LogP) is 4.27.